The van der Waals surface area contributed by atoms with Crippen LogP contribution in [0, 0.1) is 0 Å². The highest BCUT2D eigenvalue weighted by atomic mass is 16.7. The second-order valence-electron chi connectivity index (χ2n) is 18.9. The molecule has 6 atom stereocenters. The normalized spacial score (nSPS) is 19.0. The number of carboxylic acid groups (broad SMARTS) is 1. The fraction of sp³-hybridized carbons (Fsp3) is 0.789. The van der Waals surface area contributed by atoms with Crippen LogP contribution in [-0.4, -0.2) is 89.2 Å². The van der Waals surface area contributed by atoms with E-state index in [4.69, 9.17) is 23.7 Å². The average Bonchev–Trinajstić information content (AvgIpc) is 3.33. The highest BCUT2D eigenvalue weighted by Crippen LogP contribution is 2.26. The lowest BCUT2D eigenvalue weighted by molar-refractivity contribution is -0.301. The molecule has 6 unspecified atom stereocenters. The summed E-state index contributed by atoms with van der Waals surface area (Å²) in [5, 5.41) is 31.3. The van der Waals surface area contributed by atoms with Crippen molar-refractivity contribution in [2.24, 2.45) is 0 Å². The number of carboxylic acids is 1. The third-order valence-electron chi connectivity index (χ3n) is 12.4. The summed E-state index contributed by atoms with van der Waals surface area (Å²) in [5.41, 5.74) is 0. The maximum Gasteiger partial charge on any atom is 0.335 e. The van der Waals surface area contributed by atoms with Gasteiger partial charge in [0, 0.05) is 19.3 Å². The van der Waals surface area contributed by atoms with Gasteiger partial charge in [-0.1, -0.05) is 211 Å². The monoisotopic (exact) mass is 975 g/mol. The predicted molar refractivity (Wildman–Crippen MR) is 276 cm³/mol. The zero-order chi connectivity index (χ0) is 50.4. The highest BCUT2D eigenvalue weighted by molar-refractivity contribution is 5.74. The van der Waals surface area contributed by atoms with E-state index in [1.54, 1.807) is 0 Å². The summed E-state index contributed by atoms with van der Waals surface area (Å²) in [6.45, 7) is 5.83. The number of carbonyl (C=O) groups excluding carboxylic acids is 3. The second kappa shape index (κ2) is 45.8. The standard InChI is InChI=1S/C57H98O12/c1-4-7-10-13-16-19-21-23-25-27-29-32-34-37-40-43-49(58)65-46-48(67-50(59)44-41-38-35-31-18-15-12-9-6-3)47-66-57-55(53(62)52(61)54(69-57)56(63)64)68-51(60)45-42-39-36-33-30-28-26-24-22-20-17-14-11-8-5-2/h8,11,17,20,24,26,30,33,48,52-55,57,61-62H,4-7,9-10,12-16,18-19,21-23,25,27-29,31-32,34-47H2,1-3H3,(H,63,64)/b11-8-,20-17-,26-24-,33-30-. The van der Waals surface area contributed by atoms with Gasteiger partial charge in [-0.2, -0.15) is 0 Å². The van der Waals surface area contributed by atoms with Gasteiger partial charge in [0.1, 0.15) is 18.8 Å². The Morgan fingerprint density at radius 3 is 1.39 bits per heavy atom. The van der Waals surface area contributed by atoms with Gasteiger partial charge in [0.15, 0.2) is 24.6 Å². The largest absolute Gasteiger partial charge is 0.479 e. The number of carbonyl (C=O) groups is 4. The third kappa shape index (κ3) is 36.3. The Morgan fingerprint density at radius 2 is 0.913 bits per heavy atom. The van der Waals surface area contributed by atoms with Crippen LogP contribution < -0.4 is 0 Å². The summed E-state index contributed by atoms with van der Waals surface area (Å²) in [6.07, 6.45) is 41.1. The van der Waals surface area contributed by atoms with Crippen LogP contribution >= 0.6 is 0 Å². The first kappa shape index (κ1) is 63.7. The van der Waals surface area contributed by atoms with Crippen molar-refractivity contribution in [1.29, 1.82) is 0 Å². The molecule has 0 spiro atoms. The van der Waals surface area contributed by atoms with Crippen molar-refractivity contribution in [2.75, 3.05) is 13.2 Å². The predicted octanol–water partition coefficient (Wildman–Crippen LogP) is 13.4. The molecule has 1 aliphatic rings. The van der Waals surface area contributed by atoms with Gasteiger partial charge in [-0.25, -0.2) is 4.79 Å². The molecule has 1 fully saturated rings. The van der Waals surface area contributed by atoms with Gasteiger partial charge in [-0.15, -0.1) is 0 Å². The first-order valence-corrected chi connectivity index (χ1v) is 27.6. The Labute approximate surface area is 418 Å². The second-order valence-corrected chi connectivity index (χ2v) is 18.9. The molecule has 0 aromatic heterocycles. The number of esters is 3. The number of ether oxygens (including phenoxy) is 5. The number of aliphatic carboxylic acids is 1. The molecular formula is C57H98O12. The van der Waals surface area contributed by atoms with Crippen LogP contribution in [-0.2, 0) is 42.9 Å². The molecule has 0 aliphatic carbocycles. The molecule has 0 amide bonds. The van der Waals surface area contributed by atoms with Gasteiger partial charge in [0.2, 0.25) is 0 Å². The Balaban J connectivity index is 2.70. The minimum absolute atomic E-state index is 0.0102. The number of hydrogen-bond acceptors (Lipinski definition) is 11. The lowest BCUT2D eigenvalue weighted by atomic mass is 9.98. The first-order chi connectivity index (χ1) is 33.6. The number of allylic oxidation sites excluding steroid dienone is 8. The van der Waals surface area contributed by atoms with Gasteiger partial charge < -0.3 is 39.0 Å². The van der Waals surface area contributed by atoms with Crippen molar-refractivity contribution in [1.82, 2.24) is 0 Å². The van der Waals surface area contributed by atoms with Crippen molar-refractivity contribution in [3.05, 3.63) is 48.6 Å². The van der Waals surface area contributed by atoms with E-state index >= 15 is 0 Å². The zero-order valence-corrected chi connectivity index (χ0v) is 43.6. The summed E-state index contributed by atoms with van der Waals surface area (Å²) < 4.78 is 28.3. The lowest BCUT2D eigenvalue weighted by Gasteiger charge is -2.40. The maximum absolute atomic E-state index is 13.0. The maximum atomic E-state index is 13.0. The molecule has 12 nitrogen and oxygen atoms in total. The smallest absolute Gasteiger partial charge is 0.335 e. The minimum Gasteiger partial charge on any atom is -0.479 e. The fourth-order valence-corrected chi connectivity index (χ4v) is 8.18. The zero-order valence-electron chi connectivity index (χ0n) is 43.6. The van der Waals surface area contributed by atoms with Crippen LogP contribution in [0.5, 0.6) is 0 Å². The summed E-state index contributed by atoms with van der Waals surface area (Å²) >= 11 is 0. The quantitative estimate of drug-likeness (QED) is 0.0228. The van der Waals surface area contributed by atoms with E-state index < -0.39 is 67.3 Å². The molecule has 69 heavy (non-hydrogen) atoms. The molecule has 1 aliphatic heterocycles. The number of aliphatic hydroxyl groups is 2. The summed E-state index contributed by atoms with van der Waals surface area (Å²) in [7, 11) is 0. The molecule has 0 radical (unpaired) electrons. The summed E-state index contributed by atoms with van der Waals surface area (Å²) in [4.78, 5) is 50.8. The van der Waals surface area contributed by atoms with E-state index in [9.17, 15) is 34.5 Å². The number of hydrogen-bond donors (Lipinski definition) is 3. The fourth-order valence-electron chi connectivity index (χ4n) is 8.18. The SMILES string of the molecule is CC/C=C\C/C=C\C/C=C\C/C=C\CCCCC(=O)OC1C(OCC(COC(=O)CCCCCCCCCCCCCCCCC)OC(=O)CCCCCCCCCCC)OC(C(=O)O)C(O)C1O. The van der Waals surface area contributed by atoms with Gasteiger partial charge in [0.25, 0.3) is 0 Å². The van der Waals surface area contributed by atoms with Crippen LogP contribution in [0.4, 0.5) is 0 Å². The van der Waals surface area contributed by atoms with Crippen molar-refractivity contribution < 1.29 is 58.2 Å². The van der Waals surface area contributed by atoms with Crippen LogP contribution in [0.2, 0.25) is 0 Å². The number of aliphatic hydroxyl groups excluding tert-OH is 2. The Hall–Kier alpha value is -3.32. The molecule has 12 heteroatoms. The van der Waals surface area contributed by atoms with E-state index in [2.05, 4.69) is 69.4 Å². The molecule has 1 heterocycles. The van der Waals surface area contributed by atoms with Gasteiger partial charge in [-0.3, -0.25) is 14.4 Å². The molecule has 1 saturated heterocycles. The number of unbranched alkanes of at least 4 members (excludes halogenated alkanes) is 24. The Morgan fingerprint density at radius 1 is 0.493 bits per heavy atom. The van der Waals surface area contributed by atoms with Crippen molar-refractivity contribution in [3.8, 4) is 0 Å². The van der Waals surface area contributed by atoms with Crippen molar-refractivity contribution in [3.63, 3.8) is 0 Å². The van der Waals surface area contributed by atoms with Gasteiger partial charge >= 0.3 is 23.9 Å². The summed E-state index contributed by atoms with van der Waals surface area (Å²) in [5.74, 6) is -3.16. The molecule has 0 aromatic carbocycles. The molecule has 0 saturated carbocycles. The third-order valence-corrected chi connectivity index (χ3v) is 12.4. The summed E-state index contributed by atoms with van der Waals surface area (Å²) in [6, 6.07) is 0. The van der Waals surface area contributed by atoms with Crippen LogP contribution in [0.1, 0.15) is 239 Å². The average molecular weight is 975 g/mol. The Bertz CT molecular complexity index is 1390. The molecule has 0 bridgehead atoms. The van der Waals surface area contributed by atoms with E-state index in [-0.39, 0.29) is 25.9 Å². The molecule has 1 rings (SSSR count). The van der Waals surface area contributed by atoms with E-state index in [1.807, 2.05) is 0 Å². The molecule has 0 aromatic rings. The lowest BCUT2D eigenvalue weighted by Crippen LogP contribution is -2.61. The van der Waals surface area contributed by atoms with Gasteiger partial charge in [0.05, 0.1) is 6.61 Å². The van der Waals surface area contributed by atoms with Crippen molar-refractivity contribution in [2.45, 2.75) is 276 Å². The highest BCUT2D eigenvalue weighted by Gasteiger charge is 2.50. The van der Waals surface area contributed by atoms with Crippen LogP contribution in [0.15, 0.2) is 48.6 Å². The van der Waals surface area contributed by atoms with Crippen LogP contribution in [0.3, 0.4) is 0 Å². The van der Waals surface area contributed by atoms with Gasteiger partial charge in [-0.05, 0) is 57.8 Å². The molecule has 398 valence electrons. The van der Waals surface area contributed by atoms with E-state index in [0.29, 0.717) is 25.7 Å². The minimum atomic E-state index is -1.91. The first-order valence-electron chi connectivity index (χ1n) is 27.6. The van der Waals surface area contributed by atoms with E-state index in [1.165, 1.54) is 103 Å². The topological polar surface area (TPSA) is 175 Å². The molecular weight excluding hydrogens is 877 g/mol. The Kier molecular flexibility index (Phi) is 42.3. The van der Waals surface area contributed by atoms with Crippen LogP contribution in [0.25, 0.3) is 0 Å². The molecule has 3 N–H and O–H groups in total. The number of rotatable bonds is 46. The van der Waals surface area contributed by atoms with E-state index in [0.717, 1.165) is 70.6 Å². The van der Waals surface area contributed by atoms with Crippen molar-refractivity contribution >= 4 is 23.9 Å².